The zero-order chi connectivity index (χ0) is 13.6. The van der Waals surface area contributed by atoms with Gasteiger partial charge < -0.3 is 5.73 Å². The molecule has 0 radical (unpaired) electrons. The Balaban J connectivity index is 2.44. The molecule has 0 aromatic carbocycles. The molecule has 2 N–H and O–H groups in total. The number of rotatable bonds is 7. The Kier molecular flexibility index (Phi) is 6.70. The Morgan fingerprint density at radius 1 is 1.11 bits per heavy atom. The highest BCUT2D eigenvalue weighted by Gasteiger charge is 2.40. The third kappa shape index (κ3) is 4.57. The fourth-order valence-corrected chi connectivity index (χ4v) is 4.00. The lowest BCUT2D eigenvalue weighted by Crippen LogP contribution is -2.52. The Labute approximate surface area is 115 Å². The molecule has 1 fully saturated rings. The zero-order valence-electron chi connectivity index (χ0n) is 13.2. The summed E-state index contributed by atoms with van der Waals surface area (Å²) in [7, 11) is 0. The lowest BCUT2D eigenvalue weighted by Gasteiger charge is -2.46. The van der Waals surface area contributed by atoms with Crippen LogP contribution in [0.3, 0.4) is 0 Å². The minimum Gasteiger partial charge on any atom is -0.325 e. The number of hydrogen-bond donors (Lipinski definition) is 1. The average molecular weight is 253 g/mol. The second kappa shape index (κ2) is 7.53. The van der Waals surface area contributed by atoms with Gasteiger partial charge in [0.2, 0.25) is 0 Å². The summed E-state index contributed by atoms with van der Waals surface area (Å²) >= 11 is 0. The summed E-state index contributed by atoms with van der Waals surface area (Å²) in [4.78, 5) is 0. The molecule has 1 rings (SSSR count). The summed E-state index contributed by atoms with van der Waals surface area (Å²) < 4.78 is 0. The molecule has 1 nitrogen and oxygen atoms in total. The minimum atomic E-state index is 0.137. The summed E-state index contributed by atoms with van der Waals surface area (Å²) in [6.45, 7) is 9.38. The van der Waals surface area contributed by atoms with Gasteiger partial charge in [0.05, 0.1) is 0 Å². The molecule has 0 aromatic heterocycles. The summed E-state index contributed by atoms with van der Waals surface area (Å²) in [5.41, 5.74) is 6.95. The van der Waals surface area contributed by atoms with E-state index in [2.05, 4.69) is 27.7 Å². The smallest absolute Gasteiger partial charge is 0.0187 e. The molecule has 0 heterocycles. The highest BCUT2D eigenvalue weighted by Crippen LogP contribution is 2.42. The van der Waals surface area contributed by atoms with E-state index in [1.54, 1.807) is 0 Å². The van der Waals surface area contributed by atoms with Crippen molar-refractivity contribution in [2.45, 2.75) is 91.0 Å². The number of nitrogens with two attached hydrogens (primary N) is 1. The molecule has 1 heteroatoms. The summed E-state index contributed by atoms with van der Waals surface area (Å²) in [5, 5.41) is 0. The van der Waals surface area contributed by atoms with Crippen LogP contribution in [0.5, 0.6) is 0 Å². The first-order valence-electron chi connectivity index (χ1n) is 8.28. The second-order valence-electron chi connectivity index (χ2n) is 7.13. The predicted octanol–water partition coefficient (Wildman–Crippen LogP) is 5.14. The van der Waals surface area contributed by atoms with Crippen molar-refractivity contribution in [3.8, 4) is 0 Å². The highest BCUT2D eigenvalue weighted by atomic mass is 14.8. The van der Waals surface area contributed by atoms with Crippen LogP contribution in [-0.2, 0) is 0 Å². The van der Waals surface area contributed by atoms with Gasteiger partial charge in [0.15, 0.2) is 0 Å². The van der Waals surface area contributed by atoms with Crippen molar-refractivity contribution in [1.29, 1.82) is 0 Å². The monoisotopic (exact) mass is 253 g/mol. The molecule has 18 heavy (non-hydrogen) atoms. The number of unbranched alkanes of at least 4 members (excludes halogenated alkanes) is 4. The quantitative estimate of drug-likeness (QED) is 0.625. The van der Waals surface area contributed by atoms with Crippen molar-refractivity contribution in [3.63, 3.8) is 0 Å². The molecule has 3 unspecified atom stereocenters. The third-order valence-electron chi connectivity index (χ3n) is 4.99. The molecule has 3 atom stereocenters. The Morgan fingerprint density at radius 2 is 1.78 bits per heavy atom. The molecule has 0 aliphatic heterocycles. The Hall–Kier alpha value is -0.0400. The average Bonchev–Trinajstić information content (AvgIpc) is 2.28. The van der Waals surface area contributed by atoms with Crippen LogP contribution in [0.15, 0.2) is 0 Å². The Bertz CT molecular complexity index is 224. The van der Waals surface area contributed by atoms with Gasteiger partial charge in [0, 0.05) is 5.54 Å². The molecule has 1 aliphatic rings. The maximum Gasteiger partial charge on any atom is 0.0187 e. The lowest BCUT2D eigenvalue weighted by atomic mass is 9.63. The van der Waals surface area contributed by atoms with Gasteiger partial charge in [-0.25, -0.2) is 0 Å². The van der Waals surface area contributed by atoms with Gasteiger partial charge in [-0.15, -0.1) is 0 Å². The molecule has 0 amide bonds. The van der Waals surface area contributed by atoms with E-state index in [4.69, 9.17) is 5.73 Å². The summed E-state index contributed by atoms with van der Waals surface area (Å²) in [5.74, 6) is 2.33. The Morgan fingerprint density at radius 3 is 2.39 bits per heavy atom. The van der Waals surface area contributed by atoms with Crippen LogP contribution in [0.4, 0.5) is 0 Å². The normalized spacial score (nSPS) is 33.0. The minimum absolute atomic E-state index is 0.137. The van der Waals surface area contributed by atoms with Gasteiger partial charge in [0.1, 0.15) is 0 Å². The molecule has 0 spiro atoms. The maximum absolute atomic E-state index is 6.81. The molecule has 0 saturated heterocycles. The van der Waals surface area contributed by atoms with Crippen molar-refractivity contribution < 1.29 is 0 Å². The fourth-order valence-electron chi connectivity index (χ4n) is 4.00. The SMILES string of the molecule is CCCCCCCC1(N)CC(C)CCC1C(C)C. The molecular weight excluding hydrogens is 218 g/mol. The zero-order valence-corrected chi connectivity index (χ0v) is 13.2. The summed E-state index contributed by atoms with van der Waals surface area (Å²) in [6.07, 6.45) is 12.1. The summed E-state index contributed by atoms with van der Waals surface area (Å²) in [6, 6.07) is 0. The van der Waals surface area contributed by atoms with Crippen LogP contribution in [0.25, 0.3) is 0 Å². The molecule has 108 valence electrons. The van der Waals surface area contributed by atoms with Crippen LogP contribution in [-0.4, -0.2) is 5.54 Å². The van der Waals surface area contributed by atoms with Crippen molar-refractivity contribution in [2.75, 3.05) is 0 Å². The van der Waals surface area contributed by atoms with Gasteiger partial charge in [0.25, 0.3) is 0 Å². The standard InChI is InChI=1S/C17H35N/c1-5-6-7-8-9-12-17(18)13-15(4)10-11-16(17)14(2)3/h14-16H,5-13,18H2,1-4H3. The van der Waals surface area contributed by atoms with E-state index in [1.165, 1.54) is 57.8 Å². The van der Waals surface area contributed by atoms with Gasteiger partial charge in [-0.2, -0.15) is 0 Å². The van der Waals surface area contributed by atoms with Crippen molar-refractivity contribution in [3.05, 3.63) is 0 Å². The first kappa shape index (κ1) is 16.0. The molecule has 0 bridgehead atoms. The first-order valence-corrected chi connectivity index (χ1v) is 8.28. The van der Waals surface area contributed by atoms with E-state index >= 15 is 0 Å². The third-order valence-corrected chi connectivity index (χ3v) is 4.99. The van der Waals surface area contributed by atoms with Crippen LogP contribution in [0.2, 0.25) is 0 Å². The lowest BCUT2D eigenvalue weighted by molar-refractivity contribution is 0.0988. The largest absolute Gasteiger partial charge is 0.325 e. The topological polar surface area (TPSA) is 26.0 Å². The van der Waals surface area contributed by atoms with Crippen molar-refractivity contribution >= 4 is 0 Å². The van der Waals surface area contributed by atoms with Crippen molar-refractivity contribution in [2.24, 2.45) is 23.5 Å². The van der Waals surface area contributed by atoms with E-state index in [9.17, 15) is 0 Å². The molecule has 1 saturated carbocycles. The van der Waals surface area contributed by atoms with E-state index in [0.29, 0.717) is 0 Å². The van der Waals surface area contributed by atoms with Gasteiger partial charge in [-0.05, 0) is 37.0 Å². The van der Waals surface area contributed by atoms with E-state index in [0.717, 1.165) is 17.8 Å². The van der Waals surface area contributed by atoms with Crippen molar-refractivity contribution in [1.82, 2.24) is 0 Å². The number of hydrogen-bond acceptors (Lipinski definition) is 1. The van der Waals surface area contributed by atoms with Gasteiger partial charge in [-0.3, -0.25) is 0 Å². The second-order valence-corrected chi connectivity index (χ2v) is 7.13. The van der Waals surface area contributed by atoms with E-state index in [-0.39, 0.29) is 5.54 Å². The van der Waals surface area contributed by atoms with E-state index in [1.807, 2.05) is 0 Å². The van der Waals surface area contributed by atoms with E-state index < -0.39 is 0 Å². The van der Waals surface area contributed by atoms with Gasteiger partial charge in [-0.1, -0.05) is 66.2 Å². The first-order chi connectivity index (χ1) is 8.49. The van der Waals surface area contributed by atoms with Crippen LogP contribution in [0, 0.1) is 17.8 Å². The molecule has 0 aromatic rings. The predicted molar refractivity (Wildman–Crippen MR) is 81.6 cm³/mol. The maximum atomic E-state index is 6.81. The molecular formula is C17H35N. The van der Waals surface area contributed by atoms with Crippen LogP contribution >= 0.6 is 0 Å². The van der Waals surface area contributed by atoms with Crippen LogP contribution in [0.1, 0.15) is 85.5 Å². The fraction of sp³-hybridized carbons (Fsp3) is 1.00. The highest BCUT2D eigenvalue weighted by molar-refractivity contribution is 4.97. The molecule has 1 aliphatic carbocycles. The van der Waals surface area contributed by atoms with Gasteiger partial charge >= 0.3 is 0 Å². The van der Waals surface area contributed by atoms with Crippen LogP contribution < -0.4 is 5.73 Å².